The number of likely N-dealkylation sites (N-methyl/N-ethyl adjacent to an activating group) is 1. The Hall–Kier alpha value is -4.43. The minimum Gasteiger partial charge on any atom is -0.355 e. The van der Waals surface area contributed by atoms with Crippen LogP contribution in [0.3, 0.4) is 0 Å². The molecule has 4 aromatic carbocycles. The Bertz CT molecular complexity index is 1650. The normalized spacial score (nSPS) is 11.9. The van der Waals surface area contributed by atoms with E-state index in [1.165, 1.54) is 9.21 Å². The molecule has 0 heterocycles. The lowest BCUT2D eigenvalue weighted by Crippen LogP contribution is -2.53. The highest BCUT2D eigenvalue weighted by atomic mass is 32.2. The van der Waals surface area contributed by atoms with Crippen LogP contribution in [-0.2, 0) is 39.0 Å². The molecular formula is C36H41N3O4S. The van der Waals surface area contributed by atoms with Gasteiger partial charge in [-0.05, 0) is 62.1 Å². The number of nitrogens with one attached hydrogen (secondary N) is 1. The number of sulfonamides is 1. The number of anilines is 1. The summed E-state index contributed by atoms with van der Waals surface area (Å²) < 4.78 is 29.7. The van der Waals surface area contributed by atoms with Crippen LogP contribution in [-0.4, -0.2) is 44.3 Å². The van der Waals surface area contributed by atoms with Gasteiger partial charge < -0.3 is 10.2 Å². The van der Waals surface area contributed by atoms with E-state index < -0.39 is 28.5 Å². The predicted octanol–water partition coefficient (Wildman–Crippen LogP) is 5.84. The van der Waals surface area contributed by atoms with Gasteiger partial charge >= 0.3 is 0 Å². The number of carbonyl (C=O) groups excluding carboxylic acids is 2. The Labute approximate surface area is 261 Å². The topological polar surface area (TPSA) is 86.8 Å². The summed E-state index contributed by atoms with van der Waals surface area (Å²) in [6.07, 6.45) is 0.855. The maximum Gasteiger partial charge on any atom is 0.264 e. The van der Waals surface area contributed by atoms with Gasteiger partial charge in [-0.15, -0.1) is 0 Å². The molecule has 4 rings (SSSR count). The van der Waals surface area contributed by atoms with Crippen molar-refractivity contribution in [3.05, 3.63) is 131 Å². The Kier molecular flexibility index (Phi) is 11.0. The second-order valence-corrected chi connectivity index (χ2v) is 12.8. The number of hydrogen-bond acceptors (Lipinski definition) is 4. The van der Waals surface area contributed by atoms with Crippen LogP contribution >= 0.6 is 0 Å². The van der Waals surface area contributed by atoms with Gasteiger partial charge in [0.2, 0.25) is 11.8 Å². The molecule has 8 heteroatoms. The smallest absolute Gasteiger partial charge is 0.264 e. The van der Waals surface area contributed by atoms with Crippen molar-refractivity contribution in [3.8, 4) is 0 Å². The molecule has 1 atom stereocenters. The zero-order valence-corrected chi connectivity index (χ0v) is 26.7. The summed E-state index contributed by atoms with van der Waals surface area (Å²) in [4.78, 5) is 29.7. The molecular weight excluding hydrogens is 570 g/mol. The summed E-state index contributed by atoms with van der Waals surface area (Å²) in [5, 5.41) is 2.90. The second kappa shape index (κ2) is 14.8. The molecule has 4 aromatic rings. The molecule has 0 saturated heterocycles. The fourth-order valence-electron chi connectivity index (χ4n) is 5.14. The zero-order chi connectivity index (χ0) is 31.7. The molecule has 0 aliphatic rings. The summed E-state index contributed by atoms with van der Waals surface area (Å²) in [5.74, 6) is -0.766. The summed E-state index contributed by atoms with van der Waals surface area (Å²) in [7, 11) is -4.14. The first-order valence-corrected chi connectivity index (χ1v) is 16.4. The monoisotopic (exact) mass is 611 g/mol. The lowest BCUT2D eigenvalue weighted by molar-refractivity contribution is -0.140. The molecule has 1 unspecified atom stereocenters. The first-order chi connectivity index (χ1) is 21.1. The number of rotatable bonds is 13. The van der Waals surface area contributed by atoms with Gasteiger partial charge in [0.05, 0.1) is 10.6 Å². The van der Waals surface area contributed by atoms with E-state index in [9.17, 15) is 18.0 Å². The maximum absolute atomic E-state index is 14.5. The Balaban J connectivity index is 1.82. The van der Waals surface area contributed by atoms with E-state index in [1.54, 1.807) is 36.4 Å². The Morgan fingerprint density at radius 3 is 1.95 bits per heavy atom. The first kappa shape index (κ1) is 32.5. The van der Waals surface area contributed by atoms with Crippen LogP contribution in [0.5, 0.6) is 0 Å². The maximum atomic E-state index is 14.5. The largest absolute Gasteiger partial charge is 0.355 e. The third-order valence-electron chi connectivity index (χ3n) is 7.62. The molecule has 7 nitrogen and oxygen atoms in total. The standard InChI is InChI=1S/C36H41N3O4S/c1-5-31-14-10-11-15-33(31)39(44(42,43)32-22-18-28(4)19-23-32)26-35(40)38(25-30-20-16-27(3)17-21-30)34(36(41)37-6-2)24-29-12-8-7-9-13-29/h7-23,34H,5-6,24-26H2,1-4H3,(H,37,41). The van der Waals surface area contributed by atoms with Crippen molar-refractivity contribution >= 4 is 27.5 Å². The van der Waals surface area contributed by atoms with Crippen LogP contribution < -0.4 is 9.62 Å². The van der Waals surface area contributed by atoms with Crippen LogP contribution in [0, 0.1) is 13.8 Å². The van der Waals surface area contributed by atoms with E-state index in [4.69, 9.17) is 0 Å². The lowest BCUT2D eigenvalue weighted by Gasteiger charge is -2.34. The molecule has 0 saturated carbocycles. The highest BCUT2D eigenvalue weighted by Crippen LogP contribution is 2.28. The zero-order valence-electron chi connectivity index (χ0n) is 25.9. The van der Waals surface area contributed by atoms with Gasteiger partial charge in [-0.2, -0.15) is 0 Å². The van der Waals surface area contributed by atoms with Gasteiger partial charge in [-0.25, -0.2) is 8.42 Å². The summed E-state index contributed by atoms with van der Waals surface area (Å²) in [6, 6.07) is 30.3. The number of para-hydroxylation sites is 1. The molecule has 230 valence electrons. The third-order valence-corrected chi connectivity index (χ3v) is 9.40. The summed E-state index contributed by atoms with van der Waals surface area (Å²) in [6.45, 7) is 7.73. The Morgan fingerprint density at radius 2 is 1.34 bits per heavy atom. The van der Waals surface area contributed by atoms with Crippen molar-refractivity contribution in [1.29, 1.82) is 0 Å². The molecule has 0 spiro atoms. The van der Waals surface area contributed by atoms with Gasteiger partial charge in [-0.1, -0.05) is 103 Å². The first-order valence-electron chi connectivity index (χ1n) is 15.0. The van der Waals surface area contributed by atoms with Gasteiger partial charge in [-0.3, -0.25) is 13.9 Å². The van der Waals surface area contributed by atoms with Gasteiger partial charge in [0, 0.05) is 19.5 Å². The number of carbonyl (C=O) groups is 2. The number of amides is 2. The number of benzene rings is 4. The van der Waals surface area contributed by atoms with E-state index in [1.807, 2.05) is 94.4 Å². The van der Waals surface area contributed by atoms with E-state index in [-0.39, 0.29) is 23.8 Å². The number of aryl methyl sites for hydroxylation is 3. The molecule has 0 aliphatic heterocycles. The molecule has 0 fully saturated rings. The van der Waals surface area contributed by atoms with E-state index >= 15 is 0 Å². The van der Waals surface area contributed by atoms with Crippen LogP contribution in [0.1, 0.15) is 41.7 Å². The van der Waals surface area contributed by atoms with Crippen LogP contribution in [0.25, 0.3) is 0 Å². The molecule has 2 amide bonds. The van der Waals surface area contributed by atoms with Crippen molar-refractivity contribution in [2.24, 2.45) is 0 Å². The molecule has 0 aromatic heterocycles. The van der Waals surface area contributed by atoms with E-state index in [2.05, 4.69) is 5.32 Å². The third kappa shape index (κ3) is 7.94. The fourth-order valence-corrected chi connectivity index (χ4v) is 6.59. The summed E-state index contributed by atoms with van der Waals surface area (Å²) in [5.41, 5.74) is 4.97. The second-order valence-electron chi connectivity index (χ2n) is 10.9. The van der Waals surface area contributed by atoms with Crippen LogP contribution in [0.15, 0.2) is 108 Å². The average molecular weight is 612 g/mol. The molecule has 0 bridgehead atoms. The quantitative estimate of drug-likeness (QED) is 0.206. The van der Waals surface area contributed by atoms with Crippen molar-refractivity contribution in [2.75, 3.05) is 17.4 Å². The highest BCUT2D eigenvalue weighted by molar-refractivity contribution is 7.92. The van der Waals surface area contributed by atoms with Gasteiger partial charge in [0.15, 0.2) is 0 Å². The molecule has 1 N–H and O–H groups in total. The predicted molar refractivity (Wildman–Crippen MR) is 176 cm³/mol. The molecule has 0 aliphatic carbocycles. The van der Waals surface area contributed by atoms with E-state index in [0.29, 0.717) is 18.7 Å². The fraction of sp³-hybridized carbons (Fsp3) is 0.278. The van der Waals surface area contributed by atoms with Crippen molar-refractivity contribution in [2.45, 2.75) is 58.0 Å². The molecule has 44 heavy (non-hydrogen) atoms. The van der Waals surface area contributed by atoms with Gasteiger partial charge in [0.25, 0.3) is 10.0 Å². The van der Waals surface area contributed by atoms with Crippen LogP contribution in [0.2, 0.25) is 0 Å². The number of hydrogen-bond donors (Lipinski definition) is 1. The minimum absolute atomic E-state index is 0.0939. The van der Waals surface area contributed by atoms with Gasteiger partial charge in [0.1, 0.15) is 12.6 Å². The van der Waals surface area contributed by atoms with Crippen molar-refractivity contribution < 1.29 is 18.0 Å². The summed E-state index contributed by atoms with van der Waals surface area (Å²) >= 11 is 0. The van der Waals surface area contributed by atoms with Crippen LogP contribution in [0.4, 0.5) is 5.69 Å². The lowest BCUT2D eigenvalue weighted by atomic mass is 10.0. The number of nitrogens with zero attached hydrogens (tertiary/aromatic N) is 2. The van der Waals surface area contributed by atoms with E-state index in [0.717, 1.165) is 27.8 Å². The van der Waals surface area contributed by atoms with Crippen molar-refractivity contribution in [3.63, 3.8) is 0 Å². The minimum atomic E-state index is -4.14. The Morgan fingerprint density at radius 1 is 0.750 bits per heavy atom. The average Bonchev–Trinajstić information content (AvgIpc) is 3.03. The highest BCUT2D eigenvalue weighted by Gasteiger charge is 2.35. The SMILES string of the molecule is CCNC(=O)C(Cc1ccccc1)N(Cc1ccc(C)cc1)C(=O)CN(c1ccccc1CC)S(=O)(=O)c1ccc(C)cc1. The molecule has 0 radical (unpaired) electrons. The van der Waals surface area contributed by atoms with Crippen molar-refractivity contribution in [1.82, 2.24) is 10.2 Å².